The molecule has 0 aliphatic heterocycles. The molecule has 0 fully saturated rings. The summed E-state index contributed by atoms with van der Waals surface area (Å²) in [5.74, 6) is 1.39. The summed E-state index contributed by atoms with van der Waals surface area (Å²) in [5, 5.41) is 4.82. The average molecular weight is 402 g/mol. The number of aryl methyl sites for hydroxylation is 1. The highest BCUT2D eigenvalue weighted by Crippen LogP contribution is 2.29. The lowest BCUT2D eigenvalue weighted by Crippen LogP contribution is -2.02. The maximum absolute atomic E-state index is 6.17. The lowest BCUT2D eigenvalue weighted by molar-refractivity contribution is 0.284. The lowest BCUT2D eigenvalue weighted by atomic mass is 10.1. The van der Waals surface area contributed by atoms with Gasteiger partial charge < -0.3 is 14.8 Å². The van der Waals surface area contributed by atoms with Crippen molar-refractivity contribution in [3.63, 3.8) is 0 Å². The van der Waals surface area contributed by atoms with Crippen molar-refractivity contribution >= 4 is 28.9 Å². The monoisotopic (exact) mass is 401 g/mol. The van der Waals surface area contributed by atoms with E-state index in [4.69, 9.17) is 32.7 Å². The standard InChI is InChI=1S/C22H21Cl2NO2/c1-15-6-8-19(12-20(15)24)25-13-16-7-9-21(22(11-16)26-2)27-14-17-4-3-5-18(23)10-17/h3-12,25H,13-14H2,1-2H3. The van der Waals surface area contributed by atoms with Gasteiger partial charge in [-0.1, -0.05) is 47.5 Å². The van der Waals surface area contributed by atoms with Crippen LogP contribution >= 0.6 is 23.2 Å². The maximum atomic E-state index is 6.17. The fourth-order valence-electron chi connectivity index (χ4n) is 2.64. The molecule has 0 unspecified atom stereocenters. The normalized spacial score (nSPS) is 10.5. The zero-order chi connectivity index (χ0) is 19.2. The van der Waals surface area contributed by atoms with Gasteiger partial charge in [-0.05, 0) is 60.0 Å². The SMILES string of the molecule is COc1cc(CNc2ccc(C)c(Cl)c2)ccc1OCc1cccc(Cl)c1. The third kappa shape index (κ3) is 5.31. The van der Waals surface area contributed by atoms with E-state index in [0.29, 0.717) is 29.7 Å². The number of anilines is 1. The fourth-order valence-corrected chi connectivity index (χ4v) is 3.03. The third-order valence-corrected chi connectivity index (χ3v) is 4.82. The first-order valence-corrected chi connectivity index (χ1v) is 9.35. The Morgan fingerprint density at radius 3 is 2.48 bits per heavy atom. The van der Waals surface area contributed by atoms with E-state index in [1.807, 2.05) is 67.6 Å². The molecule has 3 aromatic rings. The largest absolute Gasteiger partial charge is 0.493 e. The summed E-state index contributed by atoms with van der Waals surface area (Å²) in [5.41, 5.74) is 4.13. The van der Waals surface area contributed by atoms with Crippen LogP contribution in [0.25, 0.3) is 0 Å². The van der Waals surface area contributed by atoms with Gasteiger partial charge in [-0.15, -0.1) is 0 Å². The molecule has 0 aliphatic carbocycles. The first-order chi connectivity index (χ1) is 13.0. The van der Waals surface area contributed by atoms with Crippen molar-refractivity contribution in [3.8, 4) is 11.5 Å². The number of ether oxygens (including phenoxy) is 2. The number of hydrogen-bond acceptors (Lipinski definition) is 3. The Morgan fingerprint density at radius 2 is 1.74 bits per heavy atom. The highest BCUT2D eigenvalue weighted by Gasteiger charge is 2.07. The molecule has 0 aliphatic rings. The van der Waals surface area contributed by atoms with Crippen molar-refractivity contribution < 1.29 is 9.47 Å². The second-order valence-corrected chi connectivity index (χ2v) is 7.06. The zero-order valence-electron chi connectivity index (χ0n) is 15.3. The quantitative estimate of drug-likeness (QED) is 0.489. The Morgan fingerprint density at radius 1 is 0.889 bits per heavy atom. The van der Waals surface area contributed by atoms with E-state index in [1.165, 1.54) is 0 Å². The Balaban J connectivity index is 1.65. The Labute approximate surface area is 169 Å². The van der Waals surface area contributed by atoms with Gasteiger partial charge in [0.25, 0.3) is 0 Å². The van der Waals surface area contributed by atoms with Crippen LogP contribution in [-0.4, -0.2) is 7.11 Å². The number of nitrogens with one attached hydrogen (secondary N) is 1. The van der Waals surface area contributed by atoms with Crippen molar-refractivity contribution in [3.05, 3.63) is 87.4 Å². The maximum Gasteiger partial charge on any atom is 0.161 e. The van der Waals surface area contributed by atoms with Crippen LogP contribution in [0.15, 0.2) is 60.7 Å². The second kappa shape index (κ2) is 9.03. The highest BCUT2D eigenvalue weighted by molar-refractivity contribution is 6.31. The van der Waals surface area contributed by atoms with Crippen LogP contribution in [0.4, 0.5) is 5.69 Å². The molecule has 0 spiro atoms. The van der Waals surface area contributed by atoms with Gasteiger partial charge in [-0.25, -0.2) is 0 Å². The molecule has 0 aromatic heterocycles. The first kappa shape index (κ1) is 19.4. The second-order valence-electron chi connectivity index (χ2n) is 6.22. The number of benzene rings is 3. The van der Waals surface area contributed by atoms with E-state index in [0.717, 1.165) is 27.4 Å². The molecule has 1 N–H and O–H groups in total. The molecule has 140 valence electrons. The minimum absolute atomic E-state index is 0.427. The van der Waals surface area contributed by atoms with Gasteiger partial charge in [0.15, 0.2) is 11.5 Å². The van der Waals surface area contributed by atoms with Gasteiger partial charge in [0, 0.05) is 22.3 Å². The molecule has 27 heavy (non-hydrogen) atoms. The molecule has 0 amide bonds. The van der Waals surface area contributed by atoms with Crippen LogP contribution in [0.2, 0.25) is 10.0 Å². The molecule has 0 saturated carbocycles. The van der Waals surface area contributed by atoms with Crippen LogP contribution in [-0.2, 0) is 13.2 Å². The summed E-state index contributed by atoms with van der Waals surface area (Å²) in [6.45, 7) is 3.07. The predicted molar refractivity (Wildman–Crippen MR) is 112 cm³/mol. The van der Waals surface area contributed by atoms with Gasteiger partial charge >= 0.3 is 0 Å². The number of rotatable bonds is 7. The minimum atomic E-state index is 0.427. The lowest BCUT2D eigenvalue weighted by Gasteiger charge is -2.13. The van der Waals surface area contributed by atoms with E-state index < -0.39 is 0 Å². The Kier molecular flexibility index (Phi) is 6.49. The van der Waals surface area contributed by atoms with Crippen molar-refractivity contribution in [2.24, 2.45) is 0 Å². The van der Waals surface area contributed by atoms with Gasteiger partial charge in [0.1, 0.15) is 6.61 Å². The van der Waals surface area contributed by atoms with Crippen LogP contribution in [0.1, 0.15) is 16.7 Å². The summed E-state index contributed by atoms with van der Waals surface area (Å²) in [6.07, 6.45) is 0. The molecule has 3 rings (SSSR count). The van der Waals surface area contributed by atoms with E-state index in [9.17, 15) is 0 Å². The fraction of sp³-hybridized carbons (Fsp3) is 0.182. The van der Waals surface area contributed by atoms with Crippen LogP contribution in [0.5, 0.6) is 11.5 Å². The van der Waals surface area contributed by atoms with Gasteiger partial charge in [0.2, 0.25) is 0 Å². The van der Waals surface area contributed by atoms with E-state index in [1.54, 1.807) is 7.11 Å². The van der Waals surface area contributed by atoms with Crippen LogP contribution < -0.4 is 14.8 Å². The first-order valence-electron chi connectivity index (χ1n) is 8.59. The van der Waals surface area contributed by atoms with E-state index >= 15 is 0 Å². The summed E-state index contributed by atoms with van der Waals surface area (Å²) < 4.78 is 11.4. The van der Waals surface area contributed by atoms with Crippen molar-refractivity contribution in [1.82, 2.24) is 0 Å². The zero-order valence-corrected chi connectivity index (χ0v) is 16.8. The average Bonchev–Trinajstić information content (AvgIpc) is 2.67. The van der Waals surface area contributed by atoms with Crippen molar-refractivity contribution in [2.75, 3.05) is 12.4 Å². The van der Waals surface area contributed by atoms with Crippen LogP contribution in [0, 0.1) is 6.92 Å². The summed E-state index contributed by atoms with van der Waals surface area (Å²) in [4.78, 5) is 0. The summed E-state index contributed by atoms with van der Waals surface area (Å²) >= 11 is 12.2. The summed E-state index contributed by atoms with van der Waals surface area (Å²) in [7, 11) is 1.64. The molecule has 0 atom stereocenters. The van der Waals surface area contributed by atoms with Gasteiger partial charge in [-0.3, -0.25) is 0 Å². The molecule has 0 saturated heterocycles. The molecular formula is C22H21Cl2NO2. The van der Waals surface area contributed by atoms with E-state index in [-0.39, 0.29) is 0 Å². The highest BCUT2D eigenvalue weighted by atomic mass is 35.5. The predicted octanol–water partition coefficient (Wildman–Crippen LogP) is 6.50. The number of halogens is 2. The Hall–Kier alpha value is -2.36. The molecule has 3 nitrogen and oxygen atoms in total. The van der Waals surface area contributed by atoms with Gasteiger partial charge in [0.05, 0.1) is 7.11 Å². The molecular weight excluding hydrogens is 381 g/mol. The Bertz CT molecular complexity index is 928. The van der Waals surface area contributed by atoms with Crippen molar-refractivity contribution in [1.29, 1.82) is 0 Å². The number of methoxy groups -OCH3 is 1. The molecule has 0 heterocycles. The topological polar surface area (TPSA) is 30.5 Å². The summed E-state index contributed by atoms with van der Waals surface area (Å²) in [6, 6.07) is 19.5. The molecule has 0 bridgehead atoms. The third-order valence-electron chi connectivity index (χ3n) is 4.18. The van der Waals surface area contributed by atoms with Gasteiger partial charge in [-0.2, -0.15) is 0 Å². The molecule has 0 radical (unpaired) electrons. The minimum Gasteiger partial charge on any atom is -0.493 e. The van der Waals surface area contributed by atoms with E-state index in [2.05, 4.69) is 5.32 Å². The molecule has 5 heteroatoms. The number of hydrogen-bond donors (Lipinski definition) is 1. The van der Waals surface area contributed by atoms with Crippen LogP contribution in [0.3, 0.4) is 0 Å². The van der Waals surface area contributed by atoms with Crippen molar-refractivity contribution in [2.45, 2.75) is 20.1 Å². The smallest absolute Gasteiger partial charge is 0.161 e. The molecule has 3 aromatic carbocycles.